The zero-order valence-electron chi connectivity index (χ0n) is 11.4. The Labute approximate surface area is 129 Å². The minimum Gasteiger partial charge on any atom is -0.496 e. The average Bonchev–Trinajstić information content (AvgIpc) is 2.48. The van der Waals surface area contributed by atoms with Crippen LogP contribution in [0.25, 0.3) is 0 Å². The first-order chi connectivity index (χ1) is 10.3. The summed E-state index contributed by atoms with van der Waals surface area (Å²) < 4.78 is 44.0. The van der Waals surface area contributed by atoms with Crippen molar-refractivity contribution < 1.29 is 22.7 Å². The molecule has 0 saturated carbocycles. The molecule has 2 rings (SSSR count). The Bertz CT molecular complexity index is 701. The van der Waals surface area contributed by atoms with Gasteiger partial charge in [0, 0.05) is 5.02 Å². The van der Waals surface area contributed by atoms with E-state index in [1.54, 1.807) is 18.2 Å². The van der Waals surface area contributed by atoms with Crippen molar-refractivity contribution in [2.24, 2.45) is 0 Å². The molecule has 1 N–H and O–H groups in total. The van der Waals surface area contributed by atoms with Crippen molar-refractivity contribution in [1.82, 2.24) is 0 Å². The van der Waals surface area contributed by atoms with Gasteiger partial charge in [0.25, 0.3) is 5.91 Å². The highest BCUT2D eigenvalue weighted by Crippen LogP contribution is 2.36. The minimum absolute atomic E-state index is 0.0670. The number of hydrogen-bond acceptors (Lipinski definition) is 2. The summed E-state index contributed by atoms with van der Waals surface area (Å²) in [6.07, 6.45) is -4.63. The van der Waals surface area contributed by atoms with Gasteiger partial charge in [-0.15, -0.1) is 0 Å². The van der Waals surface area contributed by atoms with Gasteiger partial charge in [0.15, 0.2) is 0 Å². The van der Waals surface area contributed by atoms with Gasteiger partial charge in [-0.25, -0.2) is 0 Å². The predicted molar refractivity (Wildman–Crippen MR) is 77.4 cm³/mol. The number of ether oxygens (including phenoxy) is 1. The summed E-state index contributed by atoms with van der Waals surface area (Å²) in [6, 6.07) is 9.38. The van der Waals surface area contributed by atoms with E-state index < -0.39 is 17.6 Å². The summed E-state index contributed by atoms with van der Waals surface area (Å²) in [6.45, 7) is 0. The number of benzene rings is 2. The molecule has 0 aliphatic carbocycles. The first-order valence-corrected chi connectivity index (χ1v) is 6.52. The van der Waals surface area contributed by atoms with E-state index in [2.05, 4.69) is 5.32 Å². The van der Waals surface area contributed by atoms with E-state index in [9.17, 15) is 18.0 Å². The maximum Gasteiger partial charge on any atom is 0.418 e. The number of anilines is 1. The molecule has 3 nitrogen and oxygen atoms in total. The van der Waals surface area contributed by atoms with Crippen LogP contribution in [0.3, 0.4) is 0 Å². The lowest BCUT2D eigenvalue weighted by Gasteiger charge is -2.15. The summed E-state index contributed by atoms with van der Waals surface area (Å²) >= 11 is 5.59. The first kappa shape index (κ1) is 16.2. The molecule has 1 amide bonds. The predicted octanol–water partition coefficient (Wildman–Crippen LogP) is 4.62. The Kier molecular flexibility index (Phi) is 4.61. The second-order valence-corrected chi connectivity index (χ2v) is 4.78. The molecule has 0 fully saturated rings. The molecular formula is C15H11ClF3NO2. The smallest absolute Gasteiger partial charge is 0.418 e. The summed E-state index contributed by atoms with van der Waals surface area (Å²) in [4.78, 5) is 12.2. The Hall–Kier alpha value is -2.21. The van der Waals surface area contributed by atoms with Gasteiger partial charge in [-0.1, -0.05) is 23.7 Å². The van der Waals surface area contributed by atoms with Crippen molar-refractivity contribution in [3.05, 3.63) is 58.6 Å². The third-order valence-electron chi connectivity index (χ3n) is 2.89. The van der Waals surface area contributed by atoms with Crippen LogP contribution in [0.2, 0.25) is 5.02 Å². The Morgan fingerprint density at radius 2 is 1.86 bits per heavy atom. The number of halogens is 4. The van der Waals surface area contributed by atoms with Crippen LogP contribution in [0.5, 0.6) is 5.75 Å². The summed E-state index contributed by atoms with van der Waals surface area (Å²) in [7, 11) is 1.37. The molecular weight excluding hydrogens is 319 g/mol. The van der Waals surface area contributed by atoms with Gasteiger partial charge in [0.1, 0.15) is 5.75 Å². The van der Waals surface area contributed by atoms with E-state index in [1.807, 2.05) is 0 Å². The second kappa shape index (κ2) is 6.27. The summed E-state index contributed by atoms with van der Waals surface area (Å²) in [5.41, 5.74) is -1.25. The number of carbonyl (C=O) groups is 1. The number of nitrogens with one attached hydrogen (secondary N) is 1. The van der Waals surface area contributed by atoms with Crippen molar-refractivity contribution in [3.8, 4) is 5.75 Å². The molecule has 22 heavy (non-hydrogen) atoms. The van der Waals surface area contributed by atoms with Gasteiger partial charge >= 0.3 is 6.18 Å². The highest BCUT2D eigenvalue weighted by atomic mass is 35.5. The second-order valence-electron chi connectivity index (χ2n) is 4.34. The molecule has 2 aromatic rings. The molecule has 116 valence electrons. The standard InChI is InChI=1S/C15H11ClF3NO2/c1-22-13-5-3-2-4-10(13)14(21)20-12-7-6-9(16)8-11(12)15(17,18)19/h2-8H,1H3,(H,20,21). The minimum atomic E-state index is -4.63. The van der Waals surface area contributed by atoms with Crippen molar-refractivity contribution in [1.29, 1.82) is 0 Å². The quantitative estimate of drug-likeness (QED) is 0.892. The van der Waals surface area contributed by atoms with Gasteiger partial charge in [-0.2, -0.15) is 13.2 Å². The van der Waals surface area contributed by atoms with Gasteiger partial charge in [-0.05, 0) is 30.3 Å². The Balaban J connectivity index is 2.37. The Morgan fingerprint density at radius 1 is 1.18 bits per heavy atom. The van der Waals surface area contributed by atoms with E-state index in [4.69, 9.17) is 16.3 Å². The summed E-state index contributed by atoms with van der Waals surface area (Å²) in [5, 5.41) is 2.17. The third kappa shape index (κ3) is 3.51. The molecule has 0 aliphatic heterocycles. The molecule has 0 aliphatic rings. The molecule has 0 saturated heterocycles. The zero-order chi connectivity index (χ0) is 16.3. The molecule has 7 heteroatoms. The molecule has 0 bridgehead atoms. The van der Waals surface area contributed by atoms with Crippen molar-refractivity contribution in [2.45, 2.75) is 6.18 Å². The van der Waals surface area contributed by atoms with Crippen LogP contribution in [0.4, 0.5) is 18.9 Å². The summed E-state index contributed by atoms with van der Waals surface area (Å²) in [5.74, 6) is -0.437. The lowest BCUT2D eigenvalue weighted by atomic mass is 10.1. The fourth-order valence-electron chi connectivity index (χ4n) is 1.88. The maximum absolute atomic E-state index is 13.0. The van der Waals surface area contributed by atoms with E-state index in [1.165, 1.54) is 19.2 Å². The number of hydrogen-bond donors (Lipinski definition) is 1. The van der Waals surface area contributed by atoms with Gasteiger partial charge in [0.05, 0.1) is 23.9 Å². The van der Waals surface area contributed by atoms with E-state index in [0.29, 0.717) is 0 Å². The molecule has 0 unspecified atom stereocenters. The molecule has 0 aromatic heterocycles. The van der Waals surface area contributed by atoms with E-state index >= 15 is 0 Å². The number of rotatable bonds is 3. The number of alkyl halides is 3. The number of para-hydroxylation sites is 1. The lowest BCUT2D eigenvalue weighted by molar-refractivity contribution is -0.136. The zero-order valence-corrected chi connectivity index (χ0v) is 12.1. The van der Waals surface area contributed by atoms with Crippen molar-refractivity contribution >= 4 is 23.2 Å². The number of carbonyl (C=O) groups excluding carboxylic acids is 1. The SMILES string of the molecule is COc1ccccc1C(=O)Nc1ccc(Cl)cc1C(F)(F)F. The first-order valence-electron chi connectivity index (χ1n) is 6.14. The van der Waals surface area contributed by atoms with Crippen LogP contribution in [0, 0.1) is 0 Å². The molecule has 2 aromatic carbocycles. The van der Waals surface area contributed by atoms with Crippen LogP contribution >= 0.6 is 11.6 Å². The van der Waals surface area contributed by atoms with Crippen LogP contribution in [0.15, 0.2) is 42.5 Å². The van der Waals surface area contributed by atoms with Crippen molar-refractivity contribution in [2.75, 3.05) is 12.4 Å². The van der Waals surface area contributed by atoms with Gasteiger partial charge in [0.2, 0.25) is 0 Å². The highest BCUT2D eigenvalue weighted by molar-refractivity contribution is 6.30. The van der Waals surface area contributed by atoms with Crippen LogP contribution < -0.4 is 10.1 Å². The normalized spacial score (nSPS) is 11.1. The largest absolute Gasteiger partial charge is 0.496 e. The van der Waals surface area contributed by atoms with Crippen molar-refractivity contribution in [3.63, 3.8) is 0 Å². The molecule has 0 spiro atoms. The van der Waals surface area contributed by atoms with E-state index in [-0.39, 0.29) is 22.0 Å². The number of methoxy groups -OCH3 is 1. The van der Waals surface area contributed by atoms with Crippen LogP contribution in [-0.4, -0.2) is 13.0 Å². The molecule has 0 radical (unpaired) electrons. The van der Waals surface area contributed by atoms with Gasteiger partial charge in [-0.3, -0.25) is 4.79 Å². The van der Waals surface area contributed by atoms with Gasteiger partial charge < -0.3 is 10.1 Å². The average molecular weight is 330 g/mol. The fourth-order valence-corrected chi connectivity index (χ4v) is 2.05. The molecule has 0 atom stereocenters. The fraction of sp³-hybridized carbons (Fsp3) is 0.133. The highest BCUT2D eigenvalue weighted by Gasteiger charge is 2.34. The lowest BCUT2D eigenvalue weighted by Crippen LogP contribution is -2.17. The molecule has 0 heterocycles. The number of amides is 1. The topological polar surface area (TPSA) is 38.3 Å². The maximum atomic E-state index is 13.0. The Morgan fingerprint density at radius 3 is 2.50 bits per heavy atom. The van der Waals surface area contributed by atoms with Crippen LogP contribution in [0.1, 0.15) is 15.9 Å². The third-order valence-corrected chi connectivity index (χ3v) is 3.12. The van der Waals surface area contributed by atoms with E-state index in [0.717, 1.165) is 12.1 Å². The monoisotopic (exact) mass is 329 g/mol. The van der Waals surface area contributed by atoms with Crippen LogP contribution in [-0.2, 0) is 6.18 Å².